The van der Waals surface area contributed by atoms with Gasteiger partial charge in [-0.25, -0.2) is 14.8 Å². The van der Waals surface area contributed by atoms with Gasteiger partial charge in [-0.3, -0.25) is 5.32 Å². The van der Waals surface area contributed by atoms with E-state index >= 15 is 0 Å². The molecule has 9 heteroatoms. The van der Waals surface area contributed by atoms with Crippen LogP contribution in [0.1, 0.15) is 6.92 Å². The van der Waals surface area contributed by atoms with Crippen LogP contribution in [0.2, 0.25) is 0 Å². The molecule has 3 aromatic rings. The number of hydrogen-bond acceptors (Lipinski definition) is 6. The number of imidazole rings is 1. The topological polar surface area (TPSA) is 114 Å². The number of urea groups is 1. The van der Waals surface area contributed by atoms with Crippen molar-refractivity contribution in [3.05, 3.63) is 24.4 Å². The number of methoxy groups -OCH3 is 2. The van der Waals surface area contributed by atoms with Crippen molar-refractivity contribution in [2.45, 2.75) is 6.92 Å². The molecule has 25 heavy (non-hydrogen) atoms. The van der Waals surface area contributed by atoms with Gasteiger partial charge in [-0.2, -0.15) is 4.98 Å². The van der Waals surface area contributed by atoms with E-state index in [0.29, 0.717) is 29.5 Å². The number of rotatable bonds is 5. The number of hydrogen-bond donors (Lipinski definition) is 3. The van der Waals surface area contributed by atoms with E-state index in [2.05, 4.69) is 30.6 Å². The first kappa shape index (κ1) is 16.5. The second kappa shape index (κ2) is 7.04. The number of amides is 2. The standard InChI is InChI=1S/C16H18N6O3/c1-4-17-15(23)22-14-19-11-6-5-9(7-12(11)20-14)10-8-18-16(25-3)21-13(10)24-2/h5-8H,4H2,1-3H3,(H3,17,19,20,22,23). The number of aromatic nitrogens is 4. The SMILES string of the molecule is CCNC(=O)Nc1nc2cc(-c3cnc(OC)nc3OC)ccc2[nH]1. The van der Waals surface area contributed by atoms with E-state index in [1.807, 2.05) is 25.1 Å². The van der Waals surface area contributed by atoms with Crippen molar-refractivity contribution in [1.82, 2.24) is 25.3 Å². The maximum atomic E-state index is 11.6. The highest BCUT2D eigenvalue weighted by molar-refractivity contribution is 5.90. The summed E-state index contributed by atoms with van der Waals surface area (Å²) < 4.78 is 10.3. The van der Waals surface area contributed by atoms with Crippen molar-refractivity contribution in [3.63, 3.8) is 0 Å². The molecule has 3 N–H and O–H groups in total. The maximum Gasteiger partial charge on any atom is 0.321 e. The summed E-state index contributed by atoms with van der Waals surface area (Å²) in [7, 11) is 3.03. The zero-order valence-electron chi connectivity index (χ0n) is 14.1. The highest BCUT2D eigenvalue weighted by Gasteiger charge is 2.13. The van der Waals surface area contributed by atoms with E-state index in [-0.39, 0.29) is 12.0 Å². The molecule has 130 valence electrons. The molecule has 0 saturated heterocycles. The van der Waals surface area contributed by atoms with E-state index < -0.39 is 0 Å². The van der Waals surface area contributed by atoms with Crippen LogP contribution in [0.25, 0.3) is 22.2 Å². The average Bonchev–Trinajstić information content (AvgIpc) is 3.02. The van der Waals surface area contributed by atoms with Crippen molar-refractivity contribution in [2.75, 3.05) is 26.1 Å². The minimum atomic E-state index is -0.313. The van der Waals surface area contributed by atoms with Gasteiger partial charge in [0.15, 0.2) is 0 Å². The minimum Gasteiger partial charge on any atom is -0.480 e. The first-order chi connectivity index (χ1) is 12.1. The third kappa shape index (κ3) is 3.44. The van der Waals surface area contributed by atoms with Crippen LogP contribution in [0.15, 0.2) is 24.4 Å². The first-order valence-electron chi connectivity index (χ1n) is 7.64. The number of H-pyrrole nitrogens is 1. The van der Waals surface area contributed by atoms with Crippen molar-refractivity contribution in [3.8, 4) is 23.0 Å². The molecule has 9 nitrogen and oxygen atoms in total. The fourth-order valence-corrected chi connectivity index (χ4v) is 2.35. The number of nitrogens with one attached hydrogen (secondary N) is 3. The minimum absolute atomic E-state index is 0.231. The molecule has 2 aromatic heterocycles. The second-order valence-corrected chi connectivity index (χ2v) is 5.08. The summed E-state index contributed by atoms with van der Waals surface area (Å²) >= 11 is 0. The molecule has 1 aromatic carbocycles. The van der Waals surface area contributed by atoms with Crippen LogP contribution in [0.5, 0.6) is 11.9 Å². The van der Waals surface area contributed by atoms with Crippen LogP contribution in [-0.2, 0) is 0 Å². The fourth-order valence-electron chi connectivity index (χ4n) is 2.35. The summed E-state index contributed by atoms with van der Waals surface area (Å²) in [5, 5.41) is 5.29. The molecular weight excluding hydrogens is 324 g/mol. The molecule has 0 aliphatic heterocycles. The summed E-state index contributed by atoms with van der Waals surface area (Å²) in [4.78, 5) is 27.3. The van der Waals surface area contributed by atoms with E-state index in [1.54, 1.807) is 6.20 Å². The van der Waals surface area contributed by atoms with Crippen LogP contribution in [-0.4, -0.2) is 46.7 Å². The Bertz CT molecular complexity index is 908. The number of anilines is 1. The third-order valence-electron chi connectivity index (χ3n) is 3.47. The zero-order chi connectivity index (χ0) is 17.8. The summed E-state index contributed by atoms with van der Waals surface area (Å²) in [6.45, 7) is 2.38. The zero-order valence-corrected chi connectivity index (χ0v) is 14.1. The molecule has 2 heterocycles. The summed E-state index contributed by atoms with van der Waals surface area (Å²) in [5.41, 5.74) is 3.04. The van der Waals surface area contributed by atoms with Crippen molar-refractivity contribution in [1.29, 1.82) is 0 Å². The highest BCUT2D eigenvalue weighted by atomic mass is 16.5. The number of fused-ring (bicyclic) bond motifs is 1. The smallest absolute Gasteiger partial charge is 0.321 e. The Kier molecular flexibility index (Phi) is 4.64. The third-order valence-corrected chi connectivity index (χ3v) is 3.47. The Labute approximate surface area is 143 Å². The Morgan fingerprint density at radius 1 is 1.24 bits per heavy atom. The molecule has 0 saturated carbocycles. The van der Waals surface area contributed by atoms with Gasteiger partial charge in [0.1, 0.15) is 0 Å². The van der Waals surface area contributed by atoms with Crippen LogP contribution in [0.4, 0.5) is 10.7 Å². The van der Waals surface area contributed by atoms with Gasteiger partial charge in [0.05, 0.1) is 30.8 Å². The number of benzene rings is 1. The summed E-state index contributed by atoms with van der Waals surface area (Å²) in [5.74, 6) is 0.776. The van der Waals surface area contributed by atoms with Gasteiger partial charge in [-0.05, 0) is 24.6 Å². The van der Waals surface area contributed by atoms with Crippen LogP contribution < -0.4 is 20.1 Å². The molecule has 0 fully saturated rings. The number of carbonyl (C=O) groups is 1. The quantitative estimate of drug-likeness (QED) is 0.655. The molecule has 0 aliphatic rings. The van der Waals surface area contributed by atoms with Gasteiger partial charge in [0, 0.05) is 12.7 Å². The highest BCUT2D eigenvalue weighted by Crippen LogP contribution is 2.30. The summed E-state index contributed by atoms with van der Waals surface area (Å²) in [6.07, 6.45) is 1.63. The van der Waals surface area contributed by atoms with E-state index in [9.17, 15) is 4.79 Å². The van der Waals surface area contributed by atoms with Crippen molar-refractivity contribution in [2.24, 2.45) is 0 Å². The largest absolute Gasteiger partial charge is 0.480 e. The number of ether oxygens (including phenoxy) is 2. The van der Waals surface area contributed by atoms with Gasteiger partial charge >= 0.3 is 12.0 Å². The molecule has 3 rings (SSSR count). The molecular formula is C16H18N6O3. The van der Waals surface area contributed by atoms with Gasteiger partial charge in [-0.15, -0.1) is 0 Å². The Morgan fingerprint density at radius 2 is 2.08 bits per heavy atom. The second-order valence-electron chi connectivity index (χ2n) is 5.08. The maximum absolute atomic E-state index is 11.6. The number of aromatic amines is 1. The lowest BCUT2D eigenvalue weighted by Crippen LogP contribution is -2.28. The number of carbonyl (C=O) groups excluding carboxylic acids is 1. The van der Waals surface area contributed by atoms with Gasteiger partial charge in [0.25, 0.3) is 0 Å². The van der Waals surface area contributed by atoms with Crippen LogP contribution >= 0.6 is 0 Å². The van der Waals surface area contributed by atoms with E-state index in [1.165, 1.54) is 14.2 Å². The molecule has 0 bridgehead atoms. The Hall–Kier alpha value is -3.36. The molecule has 0 radical (unpaired) electrons. The van der Waals surface area contributed by atoms with Gasteiger partial charge in [0.2, 0.25) is 11.8 Å². The molecule has 0 atom stereocenters. The summed E-state index contributed by atoms with van der Waals surface area (Å²) in [6, 6.07) is 5.54. The Morgan fingerprint density at radius 3 is 2.80 bits per heavy atom. The van der Waals surface area contributed by atoms with E-state index in [4.69, 9.17) is 9.47 Å². The predicted octanol–water partition coefficient (Wildman–Crippen LogP) is 2.18. The molecule has 0 aliphatic carbocycles. The lowest BCUT2D eigenvalue weighted by atomic mass is 10.1. The van der Waals surface area contributed by atoms with Crippen molar-refractivity contribution >= 4 is 23.0 Å². The predicted molar refractivity (Wildman–Crippen MR) is 92.9 cm³/mol. The van der Waals surface area contributed by atoms with Gasteiger partial charge < -0.3 is 19.8 Å². The van der Waals surface area contributed by atoms with Crippen LogP contribution in [0, 0.1) is 0 Å². The van der Waals surface area contributed by atoms with Gasteiger partial charge in [-0.1, -0.05) is 6.07 Å². The Balaban J connectivity index is 1.95. The lowest BCUT2D eigenvalue weighted by Gasteiger charge is -2.08. The molecule has 0 spiro atoms. The molecule has 0 unspecified atom stereocenters. The fraction of sp³-hybridized carbons (Fsp3) is 0.250. The van der Waals surface area contributed by atoms with Crippen LogP contribution in [0.3, 0.4) is 0 Å². The van der Waals surface area contributed by atoms with Crippen molar-refractivity contribution < 1.29 is 14.3 Å². The normalized spacial score (nSPS) is 10.5. The monoisotopic (exact) mass is 342 g/mol. The first-order valence-corrected chi connectivity index (χ1v) is 7.64. The lowest BCUT2D eigenvalue weighted by molar-refractivity contribution is 0.252. The molecule has 2 amide bonds. The average molecular weight is 342 g/mol. The number of nitrogens with zero attached hydrogens (tertiary/aromatic N) is 3. The van der Waals surface area contributed by atoms with E-state index in [0.717, 1.165) is 11.1 Å².